The molecule has 0 bridgehead atoms. The summed E-state index contributed by atoms with van der Waals surface area (Å²) in [5, 5.41) is 3.53. The molecule has 0 saturated heterocycles. The molecular formula is C20H19ClFN3O2S. The third-order valence-corrected chi connectivity index (χ3v) is 4.59. The highest BCUT2D eigenvalue weighted by Gasteiger charge is 2.14. The van der Waals surface area contributed by atoms with Crippen molar-refractivity contribution in [2.75, 3.05) is 13.2 Å². The van der Waals surface area contributed by atoms with Crippen molar-refractivity contribution in [3.05, 3.63) is 76.0 Å². The normalized spacial score (nSPS) is 10.6. The van der Waals surface area contributed by atoms with E-state index in [4.69, 9.17) is 28.6 Å². The van der Waals surface area contributed by atoms with Crippen LogP contribution in [0, 0.1) is 10.6 Å². The fraction of sp³-hybridized carbons (Fsp3) is 0.200. The lowest BCUT2D eigenvalue weighted by molar-refractivity contribution is 0.0945. The van der Waals surface area contributed by atoms with Gasteiger partial charge in [0.2, 0.25) is 0 Å². The number of amides is 1. The van der Waals surface area contributed by atoms with E-state index in [0.717, 1.165) is 18.6 Å². The van der Waals surface area contributed by atoms with Gasteiger partial charge in [0, 0.05) is 23.5 Å². The summed E-state index contributed by atoms with van der Waals surface area (Å²) < 4.78 is 20.7. The maximum atomic E-state index is 13.1. The molecule has 1 amide bonds. The van der Waals surface area contributed by atoms with E-state index in [0.29, 0.717) is 34.3 Å². The smallest absolute Gasteiger partial charge is 0.269 e. The molecule has 1 aromatic heterocycles. The van der Waals surface area contributed by atoms with Crippen molar-refractivity contribution in [1.29, 1.82) is 0 Å². The number of hydrogen-bond acceptors (Lipinski definition) is 3. The Hall–Kier alpha value is -2.64. The average Bonchev–Trinajstić information content (AvgIpc) is 3.08. The van der Waals surface area contributed by atoms with Gasteiger partial charge in [-0.1, -0.05) is 11.6 Å². The predicted molar refractivity (Wildman–Crippen MR) is 109 cm³/mol. The van der Waals surface area contributed by atoms with Crippen LogP contribution in [0.5, 0.6) is 5.75 Å². The van der Waals surface area contributed by atoms with Crippen LogP contribution in [0.1, 0.15) is 23.3 Å². The number of carbonyl (C=O) groups is 1. The van der Waals surface area contributed by atoms with Gasteiger partial charge in [0.25, 0.3) is 5.91 Å². The minimum absolute atomic E-state index is 0.254. The summed E-state index contributed by atoms with van der Waals surface area (Å²) in [6.45, 7) is 1.05. The molecule has 146 valence electrons. The first-order valence-electron chi connectivity index (χ1n) is 8.77. The van der Waals surface area contributed by atoms with Gasteiger partial charge in [0.1, 0.15) is 17.3 Å². The van der Waals surface area contributed by atoms with E-state index in [1.807, 2.05) is 12.1 Å². The molecule has 0 atom stereocenters. The van der Waals surface area contributed by atoms with Gasteiger partial charge in [-0.3, -0.25) is 9.36 Å². The highest BCUT2D eigenvalue weighted by molar-refractivity contribution is 7.71. The van der Waals surface area contributed by atoms with Crippen LogP contribution in [0.25, 0.3) is 5.69 Å². The SMILES string of the molecule is O=C(NCCCCOc1ccc(Cl)cc1)c1c[nH]c(=S)n1-c1ccc(F)cc1. The standard InChI is InChI=1S/C20H19ClFN3O2S/c21-14-3-9-17(10-4-14)27-12-2-1-11-23-19(26)18-13-24-20(28)25(18)16-7-5-15(22)6-8-16/h3-10,13H,1-2,11-12H2,(H,23,26)(H,24,28). The number of aromatic amines is 1. The van der Waals surface area contributed by atoms with E-state index in [1.165, 1.54) is 12.1 Å². The average molecular weight is 420 g/mol. The minimum Gasteiger partial charge on any atom is -0.494 e. The summed E-state index contributed by atoms with van der Waals surface area (Å²) in [7, 11) is 0. The zero-order valence-corrected chi connectivity index (χ0v) is 16.5. The van der Waals surface area contributed by atoms with Crippen molar-refractivity contribution in [3.63, 3.8) is 0 Å². The van der Waals surface area contributed by atoms with Crippen LogP contribution in [-0.4, -0.2) is 28.6 Å². The Morgan fingerprint density at radius 3 is 2.57 bits per heavy atom. The molecule has 0 radical (unpaired) electrons. The maximum absolute atomic E-state index is 13.1. The number of H-pyrrole nitrogens is 1. The van der Waals surface area contributed by atoms with Gasteiger partial charge in [-0.15, -0.1) is 0 Å². The molecule has 0 spiro atoms. The van der Waals surface area contributed by atoms with Gasteiger partial charge in [-0.25, -0.2) is 4.39 Å². The summed E-state index contributed by atoms with van der Waals surface area (Å²) in [6.07, 6.45) is 3.10. The molecule has 2 N–H and O–H groups in total. The van der Waals surface area contributed by atoms with Gasteiger partial charge >= 0.3 is 0 Å². The van der Waals surface area contributed by atoms with Crippen LogP contribution < -0.4 is 10.1 Å². The number of rotatable bonds is 8. The minimum atomic E-state index is -0.349. The van der Waals surface area contributed by atoms with E-state index < -0.39 is 0 Å². The largest absolute Gasteiger partial charge is 0.494 e. The van der Waals surface area contributed by atoms with Gasteiger partial charge in [-0.2, -0.15) is 0 Å². The Morgan fingerprint density at radius 2 is 1.86 bits per heavy atom. The second-order valence-electron chi connectivity index (χ2n) is 6.06. The predicted octanol–water partition coefficient (Wildman–Crippen LogP) is 4.92. The van der Waals surface area contributed by atoms with E-state index in [1.54, 1.807) is 35.0 Å². The molecule has 0 aliphatic rings. The molecule has 0 aliphatic carbocycles. The highest BCUT2D eigenvalue weighted by Crippen LogP contribution is 2.16. The topological polar surface area (TPSA) is 59.0 Å². The second-order valence-corrected chi connectivity index (χ2v) is 6.88. The van der Waals surface area contributed by atoms with Crippen LogP contribution in [0.4, 0.5) is 4.39 Å². The third-order valence-electron chi connectivity index (χ3n) is 4.03. The number of unbranched alkanes of at least 4 members (excludes halogenated alkanes) is 1. The first kappa shape index (κ1) is 20.1. The van der Waals surface area contributed by atoms with Crippen LogP contribution in [-0.2, 0) is 0 Å². The number of halogens is 2. The third kappa shape index (κ3) is 5.21. The first-order valence-corrected chi connectivity index (χ1v) is 9.56. The Kier molecular flexibility index (Phi) is 6.84. The number of aromatic nitrogens is 2. The van der Waals surface area contributed by atoms with Crippen molar-refractivity contribution in [3.8, 4) is 11.4 Å². The van der Waals surface area contributed by atoms with Gasteiger partial charge in [-0.05, 0) is 73.6 Å². The number of carbonyl (C=O) groups excluding carboxylic acids is 1. The lowest BCUT2D eigenvalue weighted by Gasteiger charge is -2.10. The Morgan fingerprint density at radius 1 is 1.14 bits per heavy atom. The molecule has 3 aromatic rings. The lowest BCUT2D eigenvalue weighted by Crippen LogP contribution is -2.26. The quantitative estimate of drug-likeness (QED) is 0.402. The molecule has 1 heterocycles. The Labute approximate surface area is 172 Å². The van der Waals surface area contributed by atoms with Crippen molar-refractivity contribution < 1.29 is 13.9 Å². The van der Waals surface area contributed by atoms with Gasteiger partial charge in [0.05, 0.1) is 6.61 Å². The number of nitrogens with one attached hydrogen (secondary N) is 2. The van der Waals surface area contributed by atoms with E-state index in [9.17, 15) is 9.18 Å². The first-order chi connectivity index (χ1) is 13.5. The monoisotopic (exact) mass is 419 g/mol. The zero-order valence-electron chi connectivity index (χ0n) is 15.0. The molecular weight excluding hydrogens is 401 g/mol. The second kappa shape index (κ2) is 9.52. The van der Waals surface area contributed by atoms with E-state index in [-0.39, 0.29) is 11.7 Å². The Balaban J connectivity index is 1.48. The summed E-state index contributed by atoms with van der Waals surface area (Å²) in [5.74, 6) is 0.159. The molecule has 0 fully saturated rings. The Bertz CT molecular complexity index is 984. The molecule has 28 heavy (non-hydrogen) atoms. The van der Waals surface area contributed by atoms with Crippen LogP contribution >= 0.6 is 23.8 Å². The number of imidazole rings is 1. The lowest BCUT2D eigenvalue weighted by atomic mass is 10.3. The zero-order chi connectivity index (χ0) is 19.9. The molecule has 8 heteroatoms. The van der Waals surface area contributed by atoms with Gasteiger partial charge < -0.3 is 15.0 Å². The van der Waals surface area contributed by atoms with Crippen LogP contribution in [0.3, 0.4) is 0 Å². The molecule has 5 nitrogen and oxygen atoms in total. The van der Waals surface area contributed by atoms with Crippen molar-refractivity contribution in [2.24, 2.45) is 0 Å². The fourth-order valence-electron chi connectivity index (χ4n) is 2.62. The number of ether oxygens (including phenoxy) is 1. The fourth-order valence-corrected chi connectivity index (χ4v) is 3.01. The van der Waals surface area contributed by atoms with Crippen LogP contribution in [0.2, 0.25) is 5.02 Å². The summed E-state index contributed by atoms with van der Waals surface area (Å²) in [6, 6.07) is 13.0. The van der Waals surface area contributed by atoms with Crippen LogP contribution in [0.15, 0.2) is 54.7 Å². The molecule has 0 unspecified atom stereocenters. The number of nitrogens with zero attached hydrogens (tertiary/aromatic N) is 1. The molecule has 0 saturated carbocycles. The maximum Gasteiger partial charge on any atom is 0.269 e. The van der Waals surface area contributed by atoms with Crippen molar-refractivity contribution >= 4 is 29.7 Å². The van der Waals surface area contributed by atoms with E-state index in [2.05, 4.69) is 10.3 Å². The summed E-state index contributed by atoms with van der Waals surface area (Å²) in [4.78, 5) is 15.3. The highest BCUT2D eigenvalue weighted by atomic mass is 35.5. The molecule has 0 aliphatic heterocycles. The molecule has 3 rings (SSSR count). The summed E-state index contributed by atoms with van der Waals surface area (Å²) >= 11 is 11.1. The number of benzene rings is 2. The van der Waals surface area contributed by atoms with Gasteiger partial charge in [0.15, 0.2) is 4.77 Å². The summed E-state index contributed by atoms with van der Waals surface area (Å²) in [5.41, 5.74) is 0.989. The van der Waals surface area contributed by atoms with Crippen molar-refractivity contribution in [1.82, 2.24) is 14.9 Å². The molecule has 2 aromatic carbocycles. The van der Waals surface area contributed by atoms with Crippen molar-refractivity contribution in [2.45, 2.75) is 12.8 Å². The number of hydrogen-bond donors (Lipinski definition) is 2. The van der Waals surface area contributed by atoms with E-state index >= 15 is 0 Å².